The molecule has 0 radical (unpaired) electrons. The van der Waals surface area contributed by atoms with Crippen LogP contribution in [-0.4, -0.2) is 51.3 Å². The number of urea groups is 1. The molecule has 6 aromatic rings. The van der Waals surface area contributed by atoms with E-state index in [1.54, 1.807) is 12.1 Å². The summed E-state index contributed by atoms with van der Waals surface area (Å²) in [6, 6.07) is 40.3. The van der Waals surface area contributed by atoms with Gasteiger partial charge in [-0.3, -0.25) is 4.57 Å². The number of hydrogen-bond donors (Lipinski definition) is 4. The highest BCUT2D eigenvalue weighted by atomic mass is 16.7. The lowest BCUT2D eigenvalue weighted by Crippen LogP contribution is -2.43. The molecule has 3 atom stereocenters. The van der Waals surface area contributed by atoms with Crippen molar-refractivity contribution in [3.63, 3.8) is 0 Å². The smallest absolute Gasteiger partial charge is 0.326 e. The van der Waals surface area contributed by atoms with E-state index < -0.39 is 6.29 Å². The van der Waals surface area contributed by atoms with E-state index in [9.17, 15) is 14.7 Å². The second kappa shape index (κ2) is 16.7. The monoisotopic (exact) mass is 739 g/mol. The maximum atomic E-state index is 12.8. The van der Waals surface area contributed by atoms with Crippen molar-refractivity contribution in [3.8, 4) is 11.5 Å². The maximum Gasteiger partial charge on any atom is 0.326 e. The van der Waals surface area contributed by atoms with Gasteiger partial charge in [0.15, 0.2) is 6.29 Å². The topological polar surface area (TPSA) is 130 Å². The van der Waals surface area contributed by atoms with Crippen molar-refractivity contribution >= 4 is 22.8 Å². The van der Waals surface area contributed by atoms with Crippen LogP contribution in [0.2, 0.25) is 0 Å². The maximum absolute atomic E-state index is 12.8. The number of aromatic amines is 1. The Labute approximate surface area is 319 Å². The SMILES string of the molecule is O=C(NCc1ccc([C@@H]2O[C@H](CN3CCC(n4c(=O)[nH]c5ccccc54)CC3)C[C@H](c3ccc(CO)cc3)O2)cc1)Nc1ccc(Oc2ccccc2)cc1. The van der Waals surface area contributed by atoms with E-state index in [0.29, 0.717) is 24.4 Å². The zero-order chi connectivity index (χ0) is 37.6. The second-order valence-electron chi connectivity index (χ2n) is 14.2. The number of benzene rings is 5. The summed E-state index contributed by atoms with van der Waals surface area (Å²) in [6.07, 6.45) is 1.59. The van der Waals surface area contributed by atoms with Crippen LogP contribution in [0.25, 0.3) is 11.0 Å². The van der Waals surface area contributed by atoms with E-state index in [1.807, 2.05) is 120 Å². The molecule has 2 saturated heterocycles. The van der Waals surface area contributed by atoms with Crippen molar-refractivity contribution in [1.29, 1.82) is 0 Å². The summed E-state index contributed by atoms with van der Waals surface area (Å²) in [5.41, 5.74) is 6.16. The fourth-order valence-corrected chi connectivity index (χ4v) is 7.50. The molecule has 4 N–H and O–H groups in total. The third-order valence-electron chi connectivity index (χ3n) is 10.4. The molecule has 2 amide bonds. The molecule has 0 saturated carbocycles. The number of piperidine rings is 1. The number of carbonyl (C=O) groups is 1. The number of aromatic nitrogens is 2. The molecule has 2 aliphatic rings. The molecule has 0 bridgehead atoms. The van der Waals surface area contributed by atoms with Crippen molar-refractivity contribution in [2.45, 2.75) is 57.0 Å². The predicted molar refractivity (Wildman–Crippen MR) is 211 cm³/mol. The molecule has 11 nitrogen and oxygen atoms in total. The Morgan fingerprint density at radius 2 is 1.45 bits per heavy atom. The van der Waals surface area contributed by atoms with Gasteiger partial charge >= 0.3 is 11.7 Å². The number of likely N-dealkylation sites (tertiary alicyclic amines) is 1. The number of imidazole rings is 1. The number of fused-ring (bicyclic) bond motifs is 1. The van der Waals surface area contributed by atoms with Crippen molar-refractivity contribution in [2.24, 2.45) is 0 Å². The summed E-state index contributed by atoms with van der Waals surface area (Å²) in [6.45, 7) is 2.81. The van der Waals surface area contributed by atoms with Crippen molar-refractivity contribution in [1.82, 2.24) is 19.8 Å². The molecular formula is C44H45N5O6. The summed E-state index contributed by atoms with van der Waals surface area (Å²) >= 11 is 0. The van der Waals surface area contributed by atoms with E-state index >= 15 is 0 Å². The number of nitrogens with one attached hydrogen (secondary N) is 3. The van der Waals surface area contributed by atoms with Crippen molar-refractivity contribution in [3.05, 3.63) is 160 Å². The number of ether oxygens (including phenoxy) is 3. The number of H-pyrrole nitrogens is 1. The van der Waals surface area contributed by atoms with Gasteiger partial charge in [0, 0.05) is 49.9 Å². The summed E-state index contributed by atoms with van der Waals surface area (Å²) in [5, 5.41) is 15.4. The molecule has 3 heterocycles. The average Bonchev–Trinajstić information content (AvgIpc) is 3.57. The Bertz CT molecular complexity index is 2230. The Balaban J connectivity index is 0.879. The van der Waals surface area contributed by atoms with Gasteiger partial charge in [0.2, 0.25) is 0 Å². The van der Waals surface area contributed by atoms with Crippen LogP contribution in [0, 0.1) is 0 Å². The van der Waals surface area contributed by atoms with Gasteiger partial charge in [0.25, 0.3) is 0 Å². The number of hydrogen-bond acceptors (Lipinski definition) is 7. The van der Waals surface area contributed by atoms with Crippen molar-refractivity contribution < 1.29 is 24.1 Å². The number of carbonyl (C=O) groups excluding carboxylic acids is 1. The van der Waals surface area contributed by atoms with Crippen LogP contribution in [-0.2, 0) is 22.6 Å². The van der Waals surface area contributed by atoms with Gasteiger partial charge in [-0.25, -0.2) is 9.59 Å². The van der Waals surface area contributed by atoms with Gasteiger partial charge in [-0.05, 0) is 78.1 Å². The number of aliphatic hydroxyl groups is 1. The third kappa shape index (κ3) is 8.82. The Kier molecular flexibility index (Phi) is 11.0. The lowest BCUT2D eigenvalue weighted by atomic mass is 9.98. The zero-order valence-corrected chi connectivity index (χ0v) is 30.5. The highest BCUT2D eigenvalue weighted by molar-refractivity contribution is 5.89. The summed E-state index contributed by atoms with van der Waals surface area (Å²) in [4.78, 5) is 31.0. The first-order chi connectivity index (χ1) is 27.0. The number of anilines is 1. The standard InChI is InChI=1S/C44H45N5O6/c50-29-31-12-14-32(15-13-31)41-26-38(28-48-24-22-35(23-25-48)49-40-9-5-4-8-39(40)47-44(49)52)54-42(55-41)33-16-10-30(11-17-33)27-45-43(51)46-34-18-20-37(21-19-34)53-36-6-2-1-3-7-36/h1-21,35,38,41-42,50H,22-29H2,(H,47,52)(H2,45,46,51)/t38-,41+,42+/m0/s1. The first-order valence-corrected chi connectivity index (χ1v) is 18.9. The van der Waals surface area contributed by atoms with Crippen LogP contribution < -0.4 is 21.1 Å². The van der Waals surface area contributed by atoms with E-state index in [4.69, 9.17) is 14.2 Å². The molecule has 0 aliphatic carbocycles. The minimum atomic E-state index is -0.581. The minimum absolute atomic E-state index is 0.0125. The van der Waals surface area contributed by atoms with Gasteiger partial charge in [-0.1, -0.05) is 78.9 Å². The van der Waals surface area contributed by atoms with Gasteiger partial charge in [-0.15, -0.1) is 0 Å². The number of amides is 2. The lowest BCUT2D eigenvalue weighted by molar-refractivity contribution is -0.253. The predicted octanol–water partition coefficient (Wildman–Crippen LogP) is 7.82. The number of nitrogens with zero attached hydrogens (tertiary/aromatic N) is 2. The molecule has 11 heteroatoms. The van der Waals surface area contributed by atoms with Gasteiger partial charge in [0.1, 0.15) is 11.5 Å². The molecule has 0 spiro atoms. The molecule has 2 aliphatic heterocycles. The van der Waals surface area contributed by atoms with Crippen LogP contribution in [0.5, 0.6) is 11.5 Å². The van der Waals surface area contributed by atoms with Crippen LogP contribution in [0.3, 0.4) is 0 Å². The molecule has 2 fully saturated rings. The highest BCUT2D eigenvalue weighted by Gasteiger charge is 2.34. The first kappa shape index (κ1) is 36.3. The summed E-state index contributed by atoms with van der Waals surface area (Å²) < 4.78 is 21.0. The lowest BCUT2D eigenvalue weighted by Gasteiger charge is -2.40. The van der Waals surface area contributed by atoms with Crippen molar-refractivity contribution in [2.75, 3.05) is 25.0 Å². The fourth-order valence-electron chi connectivity index (χ4n) is 7.50. The van der Waals surface area contributed by atoms with Gasteiger partial charge in [0.05, 0.1) is 29.8 Å². The Morgan fingerprint density at radius 1 is 0.782 bits per heavy atom. The van der Waals surface area contributed by atoms with Crippen LogP contribution in [0.15, 0.2) is 132 Å². The Morgan fingerprint density at radius 3 is 2.20 bits per heavy atom. The first-order valence-electron chi connectivity index (χ1n) is 18.9. The second-order valence-corrected chi connectivity index (χ2v) is 14.2. The third-order valence-corrected chi connectivity index (χ3v) is 10.4. The molecule has 5 aromatic carbocycles. The molecular weight excluding hydrogens is 695 g/mol. The van der Waals surface area contributed by atoms with Crippen LogP contribution >= 0.6 is 0 Å². The average molecular weight is 740 g/mol. The van der Waals surface area contributed by atoms with E-state index in [-0.39, 0.29) is 36.6 Å². The Hall–Kier alpha value is -5.72. The number of para-hydroxylation sites is 3. The fraction of sp³-hybridized carbons (Fsp3) is 0.273. The molecule has 282 valence electrons. The van der Waals surface area contributed by atoms with Gasteiger partial charge < -0.3 is 39.8 Å². The largest absolute Gasteiger partial charge is 0.457 e. The molecule has 8 rings (SSSR count). The molecule has 0 unspecified atom stereocenters. The quantitative estimate of drug-likeness (QED) is 0.107. The van der Waals surface area contributed by atoms with Crippen LogP contribution in [0.4, 0.5) is 10.5 Å². The van der Waals surface area contributed by atoms with Crippen LogP contribution in [0.1, 0.15) is 60.0 Å². The number of aliphatic hydroxyl groups excluding tert-OH is 1. The number of rotatable bonds is 11. The molecule has 1 aromatic heterocycles. The summed E-state index contributed by atoms with van der Waals surface area (Å²) in [5.74, 6) is 1.43. The molecule has 55 heavy (non-hydrogen) atoms. The zero-order valence-electron chi connectivity index (χ0n) is 30.5. The van der Waals surface area contributed by atoms with E-state index in [1.165, 1.54) is 0 Å². The summed E-state index contributed by atoms with van der Waals surface area (Å²) in [7, 11) is 0. The normalized spacial score (nSPS) is 19.3. The van der Waals surface area contributed by atoms with Gasteiger partial charge in [-0.2, -0.15) is 0 Å². The van der Waals surface area contributed by atoms with E-state index in [2.05, 4.69) is 20.5 Å². The highest BCUT2D eigenvalue weighted by Crippen LogP contribution is 2.39. The minimum Gasteiger partial charge on any atom is -0.457 e. The van der Waals surface area contributed by atoms with E-state index in [0.717, 1.165) is 71.5 Å².